The molecule has 5 nitrogen and oxygen atoms in total. The zero-order valence-corrected chi connectivity index (χ0v) is 16.3. The summed E-state index contributed by atoms with van der Waals surface area (Å²) in [6.45, 7) is 0.557. The van der Waals surface area contributed by atoms with Crippen LogP contribution in [0.1, 0.15) is 24.8 Å². The van der Waals surface area contributed by atoms with Gasteiger partial charge >= 0.3 is 0 Å². The molecule has 1 aliphatic rings. The number of nitrogens with two attached hydrogens (primary N) is 1. The second-order valence-corrected chi connectivity index (χ2v) is 6.83. The molecular formula is C17H27ClN2O3S. The van der Waals surface area contributed by atoms with Gasteiger partial charge in [0.1, 0.15) is 0 Å². The number of halogens is 1. The number of rotatable bonds is 6. The van der Waals surface area contributed by atoms with Gasteiger partial charge in [-0.05, 0) is 43.2 Å². The van der Waals surface area contributed by atoms with E-state index in [0.717, 1.165) is 29.7 Å². The number of hydrogen-bond acceptors (Lipinski definition) is 5. The van der Waals surface area contributed by atoms with Crippen molar-refractivity contribution >= 4 is 30.1 Å². The van der Waals surface area contributed by atoms with E-state index in [1.54, 1.807) is 30.9 Å². The monoisotopic (exact) mass is 374 g/mol. The first-order valence-corrected chi connectivity index (χ1v) is 9.02. The molecule has 0 spiro atoms. The molecule has 2 N–H and O–H groups in total. The van der Waals surface area contributed by atoms with Crippen molar-refractivity contribution in [2.75, 3.05) is 27.5 Å². The van der Waals surface area contributed by atoms with Gasteiger partial charge in [-0.1, -0.05) is 0 Å². The fraction of sp³-hybridized carbons (Fsp3) is 0.588. The van der Waals surface area contributed by atoms with Crippen LogP contribution in [0.5, 0.6) is 11.5 Å². The minimum absolute atomic E-state index is 0. The molecule has 136 valence electrons. The number of methoxy groups -OCH3 is 2. The summed E-state index contributed by atoms with van der Waals surface area (Å²) >= 11 is 1.64. The lowest BCUT2D eigenvalue weighted by Gasteiger charge is -2.23. The summed E-state index contributed by atoms with van der Waals surface area (Å²) in [5.74, 6) is 1.63. The van der Waals surface area contributed by atoms with E-state index < -0.39 is 0 Å². The molecule has 0 bridgehead atoms. The third kappa shape index (κ3) is 4.71. The molecule has 1 aliphatic carbocycles. The standard InChI is InChI=1S/C17H26N2O3S.ClH/c1-19(17(20)11-5-6-13(18)7-11)10-12-8-14(21-2)15(22-3)9-16(12)23-4;/h8-9,11,13H,5-7,10,18H2,1-4H3;1H. The Morgan fingerprint density at radius 1 is 1.29 bits per heavy atom. The van der Waals surface area contributed by atoms with E-state index in [0.29, 0.717) is 18.0 Å². The Labute approximate surface area is 154 Å². The van der Waals surface area contributed by atoms with Crippen molar-refractivity contribution in [2.45, 2.75) is 36.7 Å². The van der Waals surface area contributed by atoms with E-state index in [1.165, 1.54) is 0 Å². The van der Waals surface area contributed by atoms with E-state index in [4.69, 9.17) is 15.2 Å². The topological polar surface area (TPSA) is 64.8 Å². The minimum Gasteiger partial charge on any atom is -0.493 e. The number of nitrogens with zero attached hydrogens (tertiary/aromatic N) is 1. The van der Waals surface area contributed by atoms with Crippen molar-refractivity contribution in [3.63, 3.8) is 0 Å². The molecule has 0 saturated heterocycles. The summed E-state index contributed by atoms with van der Waals surface area (Å²) in [5, 5.41) is 0. The first kappa shape index (κ1) is 20.9. The maximum absolute atomic E-state index is 12.6. The molecule has 2 unspecified atom stereocenters. The molecule has 7 heteroatoms. The average Bonchev–Trinajstić information content (AvgIpc) is 2.99. The molecule has 24 heavy (non-hydrogen) atoms. The van der Waals surface area contributed by atoms with Gasteiger partial charge in [-0.3, -0.25) is 4.79 Å². The van der Waals surface area contributed by atoms with Gasteiger partial charge in [0.2, 0.25) is 5.91 Å². The third-order valence-corrected chi connectivity index (χ3v) is 5.21. The normalized spacial score (nSPS) is 19.5. The molecule has 1 amide bonds. The highest BCUT2D eigenvalue weighted by molar-refractivity contribution is 7.98. The van der Waals surface area contributed by atoms with Crippen LogP contribution in [0.2, 0.25) is 0 Å². The van der Waals surface area contributed by atoms with Gasteiger partial charge in [-0.25, -0.2) is 0 Å². The molecule has 0 aromatic heterocycles. The van der Waals surface area contributed by atoms with Crippen molar-refractivity contribution < 1.29 is 14.3 Å². The average molecular weight is 375 g/mol. The zero-order valence-electron chi connectivity index (χ0n) is 14.7. The third-order valence-electron chi connectivity index (χ3n) is 4.39. The lowest BCUT2D eigenvalue weighted by atomic mass is 10.1. The largest absolute Gasteiger partial charge is 0.493 e. The van der Waals surface area contributed by atoms with Crippen LogP contribution in [0.3, 0.4) is 0 Å². The van der Waals surface area contributed by atoms with Crippen LogP contribution in [0, 0.1) is 5.92 Å². The summed E-state index contributed by atoms with van der Waals surface area (Å²) in [6.07, 6.45) is 4.65. The van der Waals surface area contributed by atoms with Crippen LogP contribution in [0.4, 0.5) is 0 Å². The van der Waals surface area contributed by atoms with E-state index in [9.17, 15) is 4.79 Å². The van der Waals surface area contributed by atoms with Gasteiger partial charge < -0.3 is 20.1 Å². The highest BCUT2D eigenvalue weighted by atomic mass is 35.5. The van der Waals surface area contributed by atoms with Gasteiger partial charge in [-0.2, -0.15) is 0 Å². The highest BCUT2D eigenvalue weighted by Crippen LogP contribution is 2.35. The number of benzene rings is 1. The fourth-order valence-electron chi connectivity index (χ4n) is 3.10. The molecule has 2 rings (SSSR count). The molecule has 1 fully saturated rings. The number of amides is 1. The van der Waals surface area contributed by atoms with Crippen LogP contribution >= 0.6 is 24.2 Å². The first-order chi connectivity index (χ1) is 11.0. The Morgan fingerprint density at radius 3 is 2.42 bits per heavy atom. The quantitative estimate of drug-likeness (QED) is 0.775. The lowest BCUT2D eigenvalue weighted by Crippen LogP contribution is -2.32. The minimum atomic E-state index is 0. The van der Waals surface area contributed by atoms with E-state index in [1.807, 2.05) is 25.4 Å². The summed E-state index contributed by atoms with van der Waals surface area (Å²) in [7, 11) is 5.10. The van der Waals surface area contributed by atoms with Gasteiger partial charge in [0.25, 0.3) is 0 Å². The molecule has 1 aromatic carbocycles. The van der Waals surface area contributed by atoms with Crippen molar-refractivity contribution in [1.29, 1.82) is 0 Å². The highest BCUT2D eigenvalue weighted by Gasteiger charge is 2.30. The van der Waals surface area contributed by atoms with Crippen molar-refractivity contribution in [1.82, 2.24) is 4.90 Å². The Kier molecular flexibility index (Phi) is 8.19. The predicted molar refractivity (Wildman–Crippen MR) is 100 cm³/mol. The van der Waals surface area contributed by atoms with Crippen LogP contribution in [-0.2, 0) is 11.3 Å². The molecule has 1 aromatic rings. The van der Waals surface area contributed by atoms with Crippen LogP contribution in [-0.4, -0.2) is 44.4 Å². The van der Waals surface area contributed by atoms with Crippen LogP contribution in [0.15, 0.2) is 17.0 Å². The Balaban J connectivity index is 0.00000288. The molecule has 2 atom stereocenters. The first-order valence-electron chi connectivity index (χ1n) is 7.79. The fourth-order valence-corrected chi connectivity index (χ4v) is 3.71. The van der Waals surface area contributed by atoms with E-state index in [-0.39, 0.29) is 30.3 Å². The molecule has 0 aliphatic heterocycles. The van der Waals surface area contributed by atoms with Gasteiger partial charge in [0.15, 0.2) is 11.5 Å². The second kappa shape index (κ2) is 9.39. The Bertz CT molecular complexity index is 571. The number of thioether (sulfide) groups is 1. The van der Waals surface area contributed by atoms with E-state index >= 15 is 0 Å². The summed E-state index contributed by atoms with van der Waals surface area (Å²) in [4.78, 5) is 15.5. The Hall–Kier alpha value is -1.11. The summed E-state index contributed by atoms with van der Waals surface area (Å²) in [5.41, 5.74) is 6.99. The zero-order chi connectivity index (χ0) is 17.0. The Morgan fingerprint density at radius 2 is 1.92 bits per heavy atom. The molecule has 1 saturated carbocycles. The molecule has 0 heterocycles. The van der Waals surface area contributed by atoms with E-state index in [2.05, 4.69) is 0 Å². The number of carbonyl (C=O) groups excluding carboxylic acids is 1. The van der Waals surface area contributed by atoms with Crippen LogP contribution < -0.4 is 15.2 Å². The molecule has 0 radical (unpaired) electrons. The maximum atomic E-state index is 12.6. The number of carbonyl (C=O) groups is 1. The van der Waals surface area contributed by atoms with Crippen molar-refractivity contribution in [3.05, 3.63) is 17.7 Å². The summed E-state index contributed by atoms with van der Waals surface area (Å²) < 4.78 is 10.7. The smallest absolute Gasteiger partial charge is 0.225 e. The second-order valence-electron chi connectivity index (χ2n) is 5.98. The summed E-state index contributed by atoms with van der Waals surface area (Å²) in [6, 6.07) is 4.08. The van der Waals surface area contributed by atoms with Crippen LogP contribution in [0.25, 0.3) is 0 Å². The predicted octanol–water partition coefficient (Wildman–Crippen LogP) is 2.93. The lowest BCUT2D eigenvalue weighted by molar-refractivity contribution is -0.134. The molecular weight excluding hydrogens is 348 g/mol. The van der Waals surface area contributed by atoms with Crippen molar-refractivity contribution in [2.24, 2.45) is 11.7 Å². The SMILES string of the molecule is COc1cc(CN(C)C(=O)C2CCC(N)C2)c(SC)cc1OC.Cl. The van der Waals surface area contributed by atoms with Gasteiger partial charge in [-0.15, -0.1) is 24.2 Å². The van der Waals surface area contributed by atoms with Gasteiger partial charge in [0, 0.05) is 30.4 Å². The maximum Gasteiger partial charge on any atom is 0.225 e. The van der Waals surface area contributed by atoms with Gasteiger partial charge in [0.05, 0.1) is 14.2 Å². The number of ether oxygens (including phenoxy) is 2. The number of hydrogen-bond donors (Lipinski definition) is 1. The van der Waals surface area contributed by atoms with Crippen molar-refractivity contribution in [3.8, 4) is 11.5 Å².